The smallest absolute Gasteiger partial charge is 0.450 e. The summed E-state index contributed by atoms with van der Waals surface area (Å²) in [6, 6.07) is 0. The van der Waals surface area contributed by atoms with E-state index in [0.717, 1.165) is 0 Å². The lowest BCUT2D eigenvalue weighted by Gasteiger charge is -1.89. The van der Waals surface area contributed by atoms with Crippen LogP contribution in [0.5, 0.6) is 0 Å². The Morgan fingerprint density at radius 3 is 1.25 bits per heavy atom. The summed E-state index contributed by atoms with van der Waals surface area (Å²) in [7, 11) is 2.51. The molecule has 0 saturated carbocycles. The van der Waals surface area contributed by atoms with Crippen LogP contribution < -0.4 is 0 Å². The van der Waals surface area contributed by atoms with Crippen molar-refractivity contribution in [1.29, 1.82) is 0 Å². The Balaban J connectivity index is -0.000000118. The van der Waals surface area contributed by atoms with Crippen LogP contribution in [-0.2, 0) is 9.47 Å². The molecule has 0 saturated heterocycles. The second-order valence-corrected chi connectivity index (χ2v) is 0.941. The summed E-state index contributed by atoms with van der Waals surface area (Å²) in [5, 5.41) is 13.9. The van der Waals surface area contributed by atoms with Crippen molar-refractivity contribution < 1.29 is 29.3 Å². The van der Waals surface area contributed by atoms with Gasteiger partial charge < -0.3 is 19.7 Å². The van der Waals surface area contributed by atoms with E-state index >= 15 is 0 Å². The largest absolute Gasteiger partial charge is 0.507 e. The van der Waals surface area contributed by atoms with Gasteiger partial charge in [-0.3, -0.25) is 0 Å². The molecule has 0 radical (unpaired) electrons. The fourth-order valence-corrected chi connectivity index (χ4v) is 0.0833. The van der Waals surface area contributed by atoms with Crippen molar-refractivity contribution in [2.75, 3.05) is 14.2 Å². The molecule has 0 aliphatic carbocycles. The first kappa shape index (κ1) is 16.6. The predicted octanol–water partition coefficient (Wildman–Crippen LogP) is 0.871. The summed E-state index contributed by atoms with van der Waals surface area (Å²) in [5.41, 5.74) is 0. The number of terminal acetylenes is 1. The maximum Gasteiger partial charge on any atom is 0.507 e. The monoisotopic (exact) mass is 178 g/mol. The second kappa shape index (κ2) is 16.0. The maximum absolute atomic E-state index is 9.74. The van der Waals surface area contributed by atoms with Gasteiger partial charge in [0.1, 0.15) is 0 Å². The number of hydrogen-bond donors (Lipinski definition) is 2. The zero-order valence-electron chi connectivity index (χ0n) is 6.68. The first-order valence-corrected chi connectivity index (χ1v) is 2.41. The van der Waals surface area contributed by atoms with Crippen molar-refractivity contribution in [2.45, 2.75) is 0 Å². The molecule has 70 valence electrons. The molecule has 0 aliphatic heterocycles. The number of carboxylic acid groups (broad SMARTS) is 2. The normalized spacial score (nSPS) is 5.67. The van der Waals surface area contributed by atoms with E-state index in [-0.39, 0.29) is 0 Å². The Kier molecular flexibility index (Phi) is 22.2. The molecule has 2 N–H and O–H groups in total. The molecule has 0 unspecified atom stereocenters. The van der Waals surface area contributed by atoms with E-state index in [9.17, 15) is 4.79 Å². The van der Waals surface area contributed by atoms with Crippen LogP contribution in [0.1, 0.15) is 0 Å². The van der Waals surface area contributed by atoms with Crippen LogP contribution in [0.15, 0.2) is 0 Å². The van der Waals surface area contributed by atoms with E-state index in [1.165, 1.54) is 14.2 Å². The fraction of sp³-hybridized carbons (Fsp3) is 0.333. The van der Waals surface area contributed by atoms with Gasteiger partial charge in [-0.15, -0.1) is 12.8 Å². The van der Waals surface area contributed by atoms with Gasteiger partial charge in [-0.05, 0) is 0 Å². The Labute approximate surface area is 69.7 Å². The van der Waals surface area contributed by atoms with Crippen LogP contribution in [0.2, 0.25) is 0 Å². The Morgan fingerprint density at radius 1 is 1.08 bits per heavy atom. The molecule has 0 aromatic carbocycles. The minimum absolute atomic E-state index is 0.657. The fourth-order valence-electron chi connectivity index (χ4n) is 0.0833. The summed E-state index contributed by atoms with van der Waals surface area (Å²) in [4.78, 5) is 18.3. The zero-order chi connectivity index (χ0) is 10.6. The lowest BCUT2D eigenvalue weighted by Crippen LogP contribution is -1.97. The SMILES string of the molecule is C#C.COC(=O)OC.O=C(O)O. The average Bonchev–Trinajstić information content (AvgIpc) is 2.06. The number of carbonyl (C=O) groups excluding carboxylic acids is 1. The van der Waals surface area contributed by atoms with Crippen molar-refractivity contribution >= 4 is 12.3 Å². The van der Waals surface area contributed by atoms with Gasteiger partial charge in [0.2, 0.25) is 0 Å². The van der Waals surface area contributed by atoms with E-state index in [1.54, 1.807) is 0 Å². The highest BCUT2D eigenvalue weighted by Crippen LogP contribution is 1.72. The quantitative estimate of drug-likeness (QED) is 0.422. The third-order valence-electron chi connectivity index (χ3n) is 0.333. The third-order valence-corrected chi connectivity index (χ3v) is 0.333. The van der Waals surface area contributed by atoms with Gasteiger partial charge in [0, 0.05) is 0 Å². The summed E-state index contributed by atoms with van der Waals surface area (Å²) < 4.78 is 8.08. The molecule has 0 fully saturated rings. The van der Waals surface area contributed by atoms with Crippen LogP contribution in [0.3, 0.4) is 0 Å². The molecule has 0 spiro atoms. The molecule has 0 heterocycles. The second-order valence-electron chi connectivity index (χ2n) is 0.941. The molecule has 12 heavy (non-hydrogen) atoms. The third kappa shape index (κ3) is 92.6. The van der Waals surface area contributed by atoms with Gasteiger partial charge in [-0.25, -0.2) is 9.59 Å². The Morgan fingerprint density at radius 2 is 1.25 bits per heavy atom. The maximum atomic E-state index is 9.74. The highest BCUT2D eigenvalue weighted by atomic mass is 16.7. The number of methoxy groups -OCH3 is 2. The van der Waals surface area contributed by atoms with E-state index < -0.39 is 12.3 Å². The first-order valence-electron chi connectivity index (χ1n) is 2.41. The molecule has 0 bridgehead atoms. The topological polar surface area (TPSA) is 93.1 Å². The molecule has 6 nitrogen and oxygen atoms in total. The molecule has 6 heteroatoms. The number of rotatable bonds is 0. The van der Waals surface area contributed by atoms with Gasteiger partial charge in [-0.1, -0.05) is 0 Å². The standard InChI is InChI=1S/C3H6O3.C2H2.CH2O3/c1-5-3(4)6-2;1-2;2-1(3)4/h1-2H3;1-2H;(H2,2,3,4). The lowest BCUT2D eigenvalue weighted by molar-refractivity contribution is 0.0924. The van der Waals surface area contributed by atoms with Gasteiger partial charge in [0.25, 0.3) is 0 Å². The molecule has 0 aliphatic rings. The van der Waals surface area contributed by atoms with Crippen molar-refractivity contribution in [3.63, 3.8) is 0 Å². The Bertz CT molecular complexity index is 128. The molecule has 0 amide bonds. The van der Waals surface area contributed by atoms with Crippen molar-refractivity contribution in [2.24, 2.45) is 0 Å². The summed E-state index contributed by atoms with van der Waals surface area (Å²) in [6.45, 7) is 0. The molecular formula is C6H10O6. The van der Waals surface area contributed by atoms with Crippen LogP contribution >= 0.6 is 0 Å². The highest BCUT2D eigenvalue weighted by molar-refractivity contribution is 5.59. The minimum Gasteiger partial charge on any atom is -0.450 e. The molecule has 0 rings (SSSR count). The van der Waals surface area contributed by atoms with Gasteiger partial charge >= 0.3 is 12.3 Å². The van der Waals surface area contributed by atoms with Crippen LogP contribution in [0.4, 0.5) is 9.59 Å². The van der Waals surface area contributed by atoms with E-state index in [0.29, 0.717) is 0 Å². The first-order chi connectivity index (χ1) is 5.54. The summed E-state index contributed by atoms with van der Waals surface area (Å²) in [6.07, 6.45) is 5.51. The minimum atomic E-state index is -1.83. The van der Waals surface area contributed by atoms with E-state index in [1.807, 2.05) is 0 Å². The summed E-state index contributed by atoms with van der Waals surface area (Å²) >= 11 is 0. The molecular weight excluding hydrogens is 168 g/mol. The van der Waals surface area contributed by atoms with Crippen LogP contribution in [-0.4, -0.2) is 36.7 Å². The number of ether oxygens (including phenoxy) is 2. The van der Waals surface area contributed by atoms with Crippen molar-refractivity contribution in [3.8, 4) is 12.8 Å². The number of hydrogen-bond acceptors (Lipinski definition) is 4. The van der Waals surface area contributed by atoms with Crippen molar-refractivity contribution in [1.82, 2.24) is 0 Å². The van der Waals surface area contributed by atoms with Gasteiger partial charge in [0.15, 0.2) is 0 Å². The van der Waals surface area contributed by atoms with Crippen LogP contribution in [0.25, 0.3) is 0 Å². The predicted molar refractivity (Wildman–Crippen MR) is 40.0 cm³/mol. The molecule has 0 atom stereocenters. The van der Waals surface area contributed by atoms with E-state index in [4.69, 9.17) is 15.0 Å². The van der Waals surface area contributed by atoms with Gasteiger partial charge in [0.05, 0.1) is 14.2 Å². The average molecular weight is 178 g/mol. The zero-order valence-corrected chi connectivity index (χ0v) is 6.68. The highest BCUT2D eigenvalue weighted by Gasteiger charge is 1.88. The van der Waals surface area contributed by atoms with E-state index in [2.05, 4.69) is 22.3 Å². The lowest BCUT2D eigenvalue weighted by atomic mass is 11.3. The van der Waals surface area contributed by atoms with Crippen molar-refractivity contribution in [3.05, 3.63) is 0 Å². The summed E-state index contributed by atoms with van der Waals surface area (Å²) in [5.74, 6) is 0. The van der Waals surface area contributed by atoms with Gasteiger partial charge in [-0.2, -0.15) is 0 Å². The number of carbonyl (C=O) groups is 2. The Hall–Kier alpha value is -1.90. The molecule has 0 aromatic rings. The van der Waals surface area contributed by atoms with Crippen LogP contribution in [0, 0.1) is 12.8 Å². The molecule has 0 aromatic heterocycles.